The van der Waals surface area contributed by atoms with Gasteiger partial charge < -0.3 is 5.11 Å². The van der Waals surface area contributed by atoms with Gasteiger partial charge in [0.15, 0.2) is 0 Å². The fourth-order valence-corrected chi connectivity index (χ4v) is 2.19. The number of benzene rings is 1. The zero-order chi connectivity index (χ0) is 13.1. The Labute approximate surface area is 102 Å². The van der Waals surface area contributed by atoms with Crippen LogP contribution in [-0.4, -0.2) is 26.0 Å². The predicted octanol–water partition coefficient (Wildman–Crippen LogP) is 0.840. The van der Waals surface area contributed by atoms with Crippen molar-refractivity contribution in [3.8, 4) is 6.07 Å². The number of carboxylic acids is 1. The van der Waals surface area contributed by atoms with Crippen molar-refractivity contribution in [2.24, 2.45) is 0 Å². The first-order chi connectivity index (χ1) is 7.88. The molecular formula is C9H7ClN2O4S. The molecule has 0 fully saturated rings. The van der Waals surface area contributed by atoms with Crippen LogP contribution in [-0.2, 0) is 10.0 Å². The van der Waals surface area contributed by atoms with Gasteiger partial charge in [0.1, 0.15) is 0 Å². The van der Waals surface area contributed by atoms with E-state index < -0.39 is 22.5 Å². The minimum absolute atomic E-state index is 0.0586. The number of hydrogen-bond donors (Lipinski definition) is 2. The van der Waals surface area contributed by atoms with Crippen LogP contribution in [0.15, 0.2) is 23.1 Å². The Morgan fingerprint density at radius 1 is 1.53 bits per heavy atom. The van der Waals surface area contributed by atoms with E-state index in [0.717, 1.165) is 12.1 Å². The molecule has 0 aliphatic heterocycles. The molecule has 0 amide bonds. The molecule has 90 valence electrons. The minimum atomic E-state index is -3.89. The molecule has 0 atom stereocenters. The maximum atomic E-state index is 11.6. The third-order valence-electron chi connectivity index (χ3n) is 1.82. The second-order valence-electron chi connectivity index (χ2n) is 2.93. The highest BCUT2D eigenvalue weighted by atomic mass is 35.5. The Hall–Kier alpha value is -1.62. The Kier molecular flexibility index (Phi) is 4.07. The van der Waals surface area contributed by atoms with Gasteiger partial charge in [-0.2, -0.15) is 9.98 Å². The molecule has 2 N–H and O–H groups in total. The Balaban J connectivity index is 3.21. The number of nitrogens with zero attached hydrogens (tertiary/aromatic N) is 1. The number of rotatable bonds is 4. The standard InChI is InChI=1S/C9H7ClN2O4S/c10-8-2-1-6(5-7(8)9(13)14)17(15,16)12-4-3-11/h1-2,5,12H,4H2,(H,13,14). The van der Waals surface area contributed by atoms with Crippen LogP contribution in [0.4, 0.5) is 0 Å². The molecule has 0 saturated carbocycles. The van der Waals surface area contributed by atoms with Gasteiger partial charge in [0.05, 0.1) is 28.1 Å². The van der Waals surface area contributed by atoms with E-state index in [9.17, 15) is 13.2 Å². The first kappa shape index (κ1) is 13.4. The Morgan fingerprint density at radius 3 is 2.71 bits per heavy atom. The fraction of sp³-hybridized carbons (Fsp3) is 0.111. The van der Waals surface area contributed by atoms with Gasteiger partial charge in [0, 0.05) is 0 Å². The summed E-state index contributed by atoms with van der Waals surface area (Å²) in [6.45, 7) is -0.395. The third kappa shape index (κ3) is 3.17. The zero-order valence-corrected chi connectivity index (χ0v) is 9.92. The van der Waals surface area contributed by atoms with E-state index in [2.05, 4.69) is 0 Å². The van der Waals surface area contributed by atoms with E-state index in [0.29, 0.717) is 0 Å². The lowest BCUT2D eigenvalue weighted by Crippen LogP contribution is -2.24. The molecule has 0 spiro atoms. The van der Waals surface area contributed by atoms with Crippen molar-refractivity contribution in [3.05, 3.63) is 28.8 Å². The summed E-state index contributed by atoms with van der Waals surface area (Å²) in [5, 5.41) is 17.0. The SMILES string of the molecule is N#CCNS(=O)(=O)c1ccc(Cl)c(C(=O)O)c1. The van der Waals surface area contributed by atoms with Gasteiger partial charge >= 0.3 is 5.97 Å². The summed E-state index contributed by atoms with van der Waals surface area (Å²) >= 11 is 5.60. The van der Waals surface area contributed by atoms with Crippen LogP contribution in [0.5, 0.6) is 0 Å². The maximum absolute atomic E-state index is 11.6. The summed E-state index contributed by atoms with van der Waals surface area (Å²) in [6.07, 6.45) is 0. The molecule has 1 aromatic rings. The highest BCUT2D eigenvalue weighted by Crippen LogP contribution is 2.20. The summed E-state index contributed by atoms with van der Waals surface area (Å²) in [4.78, 5) is 10.5. The van der Waals surface area contributed by atoms with Crippen molar-refractivity contribution in [3.63, 3.8) is 0 Å². The molecule has 0 aliphatic carbocycles. The summed E-state index contributed by atoms with van der Waals surface area (Å²) in [6, 6.07) is 4.88. The monoisotopic (exact) mass is 274 g/mol. The van der Waals surface area contributed by atoms with E-state index >= 15 is 0 Å². The van der Waals surface area contributed by atoms with Crippen LogP contribution in [0.1, 0.15) is 10.4 Å². The highest BCUT2D eigenvalue weighted by molar-refractivity contribution is 7.89. The van der Waals surface area contributed by atoms with Gasteiger partial charge in [-0.25, -0.2) is 13.2 Å². The molecule has 0 unspecified atom stereocenters. The summed E-state index contributed by atoms with van der Waals surface area (Å²) in [5.74, 6) is -1.33. The molecule has 6 nitrogen and oxygen atoms in total. The lowest BCUT2D eigenvalue weighted by atomic mass is 10.2. The highest BCUT2D eigenvalue weighted by Gasteiger charge is 2.17. The second-order valence-corrected chi connectivity index (χ2v) is 5.10. The predicted molar refractivity (Wildman–Crippen MR) is 59.2 cm³/mol. The normalized spacial score (nSPS) is 10.8. The van der Waals surface area contributed by atoms with Gasteiger partial charge in [-0.1, -0.05) is 11.6 Å². The summed E-state index contributed by atoms with van der Waals surface area (Å²) in [7, 11) is -3.89. The van der Waals surface area contributed by atoms with Crippen molar-refractivity contribution in [2.45, 2.75) is 4.90 Å². The lowest BCUT2D eigenvalue weighted by Gasteiger charge is -2.05. The van der Waals surface area contributed by atoms with Crippen molar-refractivity contribution in [2.75, 3.05) is 6.54 Å². The number of carboxylic acid groups (broad SMARTS) is 1. The average molecular weight is 275 g/mol. The van der Waals surface area contributed by atoms with Crippen molar-refractivity contribution < 1.29 is 18.3 Å². The molecule has 0 aromatic heterocycles. The van der Waals surface area contributed by atoms with Crippen molar-refractivity contribution in [1.29, 1.82) is 5.26 Å². The van der Waals surface area contributed by atoms with Gasteiger partial charge in [0.25, 0.3) is 0 Å². The van der Waals surface area contributed by atoms with Gasteiger partial charge in [-0.3, -0.25) is 0 Å². The second kappa shape index (κ2) is 5.14. The first-order valence-corrected chi connectivity index (χ1v) is 6.14. The molecule has 0 saturated heterocycles. The summed E-state index contributed by atoms with van der Waals surface area (Å²) in [5.41, 5.74) is -0.313. The molecule has 0 heterocycles. The zero-order valence-electron chi connectivity index (χ0n) is 8.34. The van der Waals surface area contributed by atoms with Crippen molar-refractivity contribution in [1.82, 2.24) is 4.72 Å². The van der Waals surface area contributed by atoms with E-state index in [1.54, 1.807) is 6.07 Å². The van der Waals surface area contributed by atoms with Crippen molar-refractivity contribution >= 4 is 27.6 Å². The first-order valence-electron chi connectivity index (χ1n) is 4.28. The molecule has 1 rings (SSSR count). The van der Waals surface area contributed by atoms with E-state index in [-0.39, 0.29) is 15.5 Å². The van der Waals surface area contributed by atoms with Crippen LogP contribution in [0.25, 0.3) is 0 Å². The Morgan fingerprint density at radius 2 is 2.18 bits per heavy atom. The van der Waals surface area contributed by atoms with Gasteiger partial charge in [-0.15, -0.1) is 0 Å². The number of hydrogen-bond acceptors (Lipinski definition) is 4. The topological polar surface area (TPSA) is 107 Å². The van der Waals surface area contributed by atoms with Gasteiger partial charge in [-0.05, 0) is 18.2 Å². The Bertz CT molecular complexity index is 592. The minimum Gasteiger partial charge on any atom is -0.478 e. The van der Waals surface area contributed by atoms with E-state index in [4.69, 9.17) is 22.0 Å². The smallest absolute Gasteiger partial charge is 0.337 e. The fourth-order valence-electron chi connectivity index (χ4n) is 1.05. The molecule has 1 aromatic carbocycles. The molecule has 0 aliphatic rings. The number of nitriles is 1. The van der Waals surface area contributed by atoms with Crippen LogP contribution < -0.4 is 4.72 Å². The average Bonchev–Trinajstić information content (AvgIpc) is 2.26. The molecule has 17 heavy (non-hydrogen) atoms. The van der Waals surface area contributed by atoms with Crippen LogP contribution in [0.2, 0.25) is 5.02 Å². The third-order valence-corrected chi connectivity index (χ3v) is 3.55. The number of sulfonamides is 1. The van der Waals surface area contributed by atoms with Crippen LogP contribution >= 0.6 is 11.6 Å². The molecule has 0 radical (unpaired) electrons. The van der Waals surface area contributed by atoms with E-state index in [1.165, 1.54) is 6.07 Å². The van der Waals surface area contributed by atoms with Crippen LogP contribution in [0.3, 0.4) is 0 Å². The number of nitrogens with one attached hydrogen (secondary N) is 1. The quantitative estimate of drug-likeness (QED) is 0.791. The largest absolute Gasteiger partial charge is 0.478 e. The van der Waals surface area contributed by atoms with Gasteiger partial charge in [0.2, 0.25) is 10.0 Å². The van der Waals surface area contributed by atoms with Crippen LogP contribution in [0, 0.1) is 11.3 Å². The number of aromatic carboxylic acids is 1. The van der Waals surface area contributed by atoms with E-state index in [1.807, 2.05) is 4.72 Å². The number of carbonyl (C=O) groups is 1. The summed E-state index contributed by atoms with van der Waals surface area (Å²) < 4.78 is 25.1. The molecular weight excluding hydrogens is 268 g/mol. The molecule has 8 heteroatoms. The lowest BCUT2D eigenvalue weighted by molar-refractivity contribution is 0.0697. The maximum Gasteiger partial charge on any atom is 0.337 e. The number of halogens is 1. The molecule has 0 bridgehead atoms.